The Morgan fingerprint density at radius 1 is 1.04 bits per heavy atom. The maximum Gasteiger partial charge on any atom is 0.367 e. The van der Waals surface area contributed by atoms with Crippen molar-refractivity contribution in [1.29, 1.82) is 0 Å². The van der Waals surface area contributed by atoms with Crippen LogP contribution in [0.2, 0.25) is 0 Å². The maximum absolute atomic E-state index is 12.1. The third-order valence-electron chi connectivity index (χ3n) is 3.33. The van der Waals surface area contributed by atoms with Crippen molar-refractivity contribution in [2.24, 2.45) is 5.16 Å². The van der Waals surface area contributed by atoms with Gasteiger partial charge in [0, 0.05) is 4.90 Å². The Morgan fingerprint density at radius 3 is 2.22 bits per heavy atom. The molecule has 0 unspecified atom stereocenters. The van der Waals surface area contributed by atoms with E-state index < -0.39 is 21.8 Å². The van der Waals surface area contributed by atoms with Crippen molar-refractivity contribution in [2.45, 2.75) is 17.6 Å². The summed E-state index contributed by atoms with van der Waals surface area (Å²) in [5, 5.41) is 3.28. The van der Waals surface area contributed by atoms with E-state index in [1.165, 1.54) is 14.2 Å². The van der Waals surface area contributed by atoms with Gasteiger partial charge in [0.25, 0.3) is 0 Å². The highest BCUT2D eigenvalue weighted by molar-refractivity contribution is 8.15. The van der Waals surface area contributed by atoms with Crippen LogP contribution in [0.4, 0.5) is 0 Å². The van der Waals surface area contributed by atoms with Gasteiger partial charge in [-0.2, -0.15) is 8.42 Å². The summed E-state index contributed by atoms with van der Waals surface area (Å²) in [4.78, 5) is 12.6. The molecule has 0 aliphatic heterocycles. The summed E-state index contributed by atoms with van der Waals surface area (Å²) in [7, 11) is -1.34. The summed E-state index contributed by atoms with van der Waals surface area (Å²) in [6, 6.07) is 13.8. The Kier molecular flexibility index (Phi) is 7.26. The summed E-state index contributed by atoms with van der Waals surface area (Å²) < 4.78 is 38.6. The second kappa shape index (κ2) is 9.43. The third-order valence-corrected chi connectivity index (χ3v) is 5.26. The minimum Gasteiger partial charge on any atom is -0.497 e. The lowest BCUT2D eigenvalue weighted by Crippen LogP contribution is -2.14. The maximum atomic E-state index is 12.1. The van der Waals surface area contributed by atoms with Crippen molar-refractivity contribution in [3.05, 3.63) is 59.7 Å². The van der Waals surface area contributed by atoms with Crippen LogP contribution in [0.1, 0.15) is 11.1 Å². The van der Waals surface area contributed by atoms with Crippen LogP contribution in [0.5, 0.6) is 5.75 Å². The van der Waals surface area contributed by atoms with Crippen molar-refractivity contribution in [2.75, 3.05) is 14.2 Å². The summed E-state index contributed by atoms with van der Waals surface area (Å²) in [5.74, 6) is -0.581. The van der Waals surface area contributed by atoms with Gasteiger partial charge in [0.1, 0.15) is 11.5 Å². The van der Waals surface area contributed by atoms with Gasteiger partial charge in [0.15, 0.2) is 0 Å². The average Bonchev–Trinajstić information content (AvgIpc) is 2.66. The van der Waals surface area contributed by atoms with E-state index in [1.54, 1.807) is 36.4 Å². The van der Waals surface area contributed by atoms with Gasteiger partial charge in [-0.05, 0) is 36.8 Å². The number of oxime groups is 1. The smallest absolute Gasteiger partial charge is 0.367 e. The number of methoxy groups -OCH3 is 2. The van der Waals surface area contributed by atoms with Gasteiger partial charge in [0.05, 0.1) is 14.2 Å². The molecule has 0 N–H and O–H groups in total. The van der Waals surface area contributed by atoms with Crippen LogP contribution in [0.3, 0.4) is 0 Å². The summed E-state index contributed by atoms with van der Waals surface area (Å²) in [6.45, 7) is 1.93. The lowest BCUT2D eigenvalue weighted by Gasteiger charge is -2.06. The highest BCUT2D eigenvalue weighted by atomic mass is 32.2. The van der Waals surface area contributed by atoms with E-state index in [0.717, 1.165) is 17.3 Å². The van der Waals surface area contributed by atoms with Crippen LogP contribution < -0.4 is 4.74 Å². The molecule has 0 heterocycles. The van der Waals surface area contributed by atoms with Crippen LogP contribution in [-0.4, -0.2) is 33.7 Å². The van der Waals surface area contributed by atoms with Crippen LogP contribution >= 0.6 is 11.8 Å². The van der Waals surface area contributed by atoms with Gasteiger partial charge < -0.3 is 9.47 Å². The van der Waals surface area contributed by atoms with Gasteiger partial charge in [-0.1, -0.05) is 46.7 Å². The fraction of sp³-hybridized carbons (Fsp3) is 0.222. The van der Waals surface area contributed by atoms with Crippen molar-refractivity contribution in [3.63, 3.8) is 0 Å². The SMILES string of the molecule is COC(=O)C(=NOS(=O)(=O)Cc1ccc(OC)cc1)Sc1ccc(C)cc1. The van der Waals surface area contributed by atoms with Gasteiger partial charge in [-0.15, -0.1) is 0 Å². The highest BCUT2D eigenvalue weighted by Gasteiger charge is 2.19. The Balaban J connectivity index is 2.12. The Bertz CT molecular complexity index is 906. The van der Waals surface area contributed by atoms with Gasteiger partial charge >= 0.3 is 16.1 Å². The van der Waals surface area contributed by atoms with E-state index in [-0.39, 0.29) is 5.04 Å². The van der Waals surface area contributed by atoms with E-state index in [9.17, 15) is 13.2 Å². The molecule has 0 aliphatic rings. The van der Waals surface area contributed by atoms with E-state index in [0.29, 0.717) is 16.2 Å². The molecule has 0 atom stereocenters. The first-order valence-electron chi connectivity index (χ1n) is 7.78. The fourth-order valence-electron chi connectivity index (χ4n) is 1.95. The number of rotatable bonds is 6. The molecule has 0 amide bonds. The van der Waals surface area contributed by atoms with Gasteiger partial charge in [-0.25, -0.2) is 4.79 Å². The van der Waals surface area contributed by atoms with Crippen LogP contribution in [0.25, 0.3) is 0 Å². The molecule has 0 spiro atoms. The van der Waals surface area contributed by atoms with Crippen molar-refractivity contribution < 1.29 is 27.0 Å². The summed E-state index contributed by atoms with van der Waals surface area (Å²) in [5.41, 5.74) is 1.55. The molecule has 0 aliphatic carbocycles. The number of carbonyl (C=O) groups is 1. The number of nitrogens with zero attached hydrogens (tertiary/aromatic N) is 1. The normalized spacial score (nSPS) is 11.7. The molecule has 2 aromatic carbocycles. The molecule has 27 heavy (non-hydrogen) atoms. The zero-order valence-corrected chi connectivity index (χ0v) is 16.7. The minimum absolute atomic E-state index is 0.223. The number of benzene rings is 2. The lowest BCUT2D eigenvalue weighted by atomic mass is 10.2. The van der Waals surface area contributed by atoms with Crippen LogP contribution in [0, 0.1) is 6.92 Å². The zero-order valence-electron chi connectivity index (χ0n) is 15.0. The molecule has 0 radical (unpaired) electrons. The number of esters is 1. The Morgan fingerprint density at radius 2 is 1.67 bits per heavy atom. The minimum atomic E-state index is -4.04. The highest BCUT2D eigenvalue weighted by Crippen LogP contribution is 2.22. The number of carbonyl (C=O) groups excluding carboxylic acids is 1. The van der Waals surface area contributed by atoms with Crippen LogP contribution in [0.15, 0.2) is 58.6 Å². The third kappa shape index (κ3) is 6.61. The van der Waals surface area contributed by atoms with Crippen molar-refractivity contribution in [3.8, 4) is 5.75 Å². The van der Waals surface area contributed by atoms with E-state index >= 15 is 0 Å². The van der Waals surface area contributed by atoms with Crippen LogP contribution in [-0.2, 0) is 29.7 Å². The Labute approximate surface area is 162 Å². The Hall–Kier alpha value is -2.52. The second-order valence-corrected chi connectivity index (χ2v) is 8.04. The molecule has 0 saturated carbocycles. The average molecular weight is 409 g/mol. The molecule has 7 nitrogen and oxygen atoms in total. The zero-order chi connectivity index (χ0) is 19.9. The molecular weight excluding hydrogens is 390 g/mol. The van der Waals surface area contributed by atoms with Gasteiger partial charge in [-0.3, -0.25) is 4.28 Å². The first-order chi connectivity index (χ1) is 12.8. The predicted molar refractivity (Wildman–Crippen MR) is 103 cm³/mol. The summed E-state index contributed by atoms with van der Waals surface area (Å²) in [6.07, 6.45) is 0. The molecule has 2 aromatic rings. The molecule has 0 bridgehead atoms. The molecule has 144 valence electrons. The molecule has 0 saturated heterocycles. The monoisotopic (exact) mass is 409 g/mol. The first-order valence-corrected chi connectivity index (χ1v) is 10.2. The van der Waals surface area contributed by atoms with Crippen molar-refractivity contribution >= 4 is 32.9 Å². The topological polar surface area (TPSA) is 91.3 Å². The quantitative estimate of drug-likeness (QED) is 0.238. The number of hydrogen-bond donors (Lipinski definition) is 0. The fourth-order valence-corrected chi connectivity index (χ4v) is 3.57. The summed E-state index contributed by atoms with van der Waals surface area (Å²) >= 11 is 0.952. The first kappa shape index (κ1) is 20.8. The molecule has 0 aromatic heterocycles. The number of hydrogen-bond acceptors (Lipinski definition) is 8. The van der Waals surface area contributed by atoms with E-state index in [1.807, 2.05) is 19.1 Å². The molecule has 2 rings (SSSR count). The van der Waals surface area contributed by atoms with Crippen molar-refractivity contribution in [1.82, 2.24) is 0 Å². The standard InChI is InChI=1S/C18H19NO6S2/c1-13-4-10-16(11-5-13)26-17(18(20)24-3)19-25-27(21,22)12-14-6-8-15(23-2)9-7-14/h4-11H,12H2,1-3H3. The molecule has 0 fully saturated rings. The van der Waals surface area contributed by atoms with Gasteiger partial charge in [0.2, 0.25) is 5.04 Å². The number of aryl methyl sites for hydroxylation is 1. The second-order valence-electron chi connectivity index (χ2n) is 5.43. The predicted octanol–water partition coefficient (Wildman–Crippen LogP) is 3.13. The largest absolute Gasteiger partial charge is 0.497 e. The lowest BCUT2D eigenvalue weighted by molar-refractivity contribution is -0.132. The number of ether oxygens (including phenoxy) is 2. The van der Waals surface area contributed by atoms with E-state index in [2.05, 4.69) is 14.2 Å². The molecule has 9 heteroatoms. The molecular formula is C18H19NO6S2. The van der Waals surface area contributed by atoms with E-state index in [4.69, 9.17) is 4.74 Å². The number of thioether (sulfide) groups is 1.